The molecule has 0 aliphatic heterocycles. The Morgan fingerprint density at radius 2 is 2.26 bits per heavy atom. The van der Waals surface area contributed by atoms with Crippen molar-refractivity contribution in [1.29, 1.82) is 0 Å². The molecule has 1 aromatic heterocycles. The van der Waals surface area contributed by atoms with E-state index in [1.807, 2.05) is 6.92 Å². The second kappa shape index (κ2) is 7.55. The fourth-order valence-electron chi connectivity index (χ4n) is 1.78. The van der Waals surface area contributed by atoms with Crippen molar-refractivity contribution in [3.05, 3.63) is 29.6 Å². The number of hydrogen-bond acceptors (Lipinski definition) is 3. The lowest BCUT2D eigenvalue weighted by atomic mass is 10.1. The fraction of sp³-hybridized carbons (Fsp3) is 0.467. The van der Waals surface area contributed by atoms with E-state index < -0.39 is 0 Å². The molecule has 1 atom stereocenters. The van der Waals surface area contributed by atoms with Crippen molar-refractivity contribution in [2.24, 2.45) is 0 Å². The van der Waals surface area contributed by atoms with Gasteiger partial charge in [-0.05, 0) is 19.4 Å². The lowest BCUT2D eigenvalue weighted by molar-refractivity contribution is 0.0736. The Balaban J connectivity index is 2.87. The largest absolute Gasteiger partial charge is 0.384 e. The standard InChI is InChI=1S/C15H20N2O2/c1-4-6-12(2)17(3)15(19)14-9-13(7-5-8-18)10-16-11-14/h9-12,18H,4,6,8H2,1-3H3. The molecule has 1 heterocycles. The molecular formula is C15H20N2O2. The molecule has 0 radical (unpaired) electrons. The normalized spacial score (nSPS) is 11.4. The first-order chi connectivity index (χ1) is 9.10. The second-order valence-electron chi connectivity index (χ2n) is 4.48. The first-order valence-corrected chi connectivity index (χ1v) is 6.42. The lowest BCUT2D eigenvalue weighted by Crippen LogP contribution is -2.35. The highest BCUT2D eigenvalue weighted by molar-refractivity contribution is 5.94. The molecule has 1 amide bonds. The highest BCUT2D eigenvalue weighted by Gasteiger charge is 2.17. The number of aliphatic hydroxyl groups excluding tert-OH is 1. The maximum atomic E-state index is 12.3. The number of carbonyl (C=O) groups is 1. The number of rotatable bonds is 4. The number of carbonyl (C=O) groups excluding carboxylic acids is 1. The minimum Gasteiger partial charge on any atom is -0.384 e. The maximum Gasteiger partial charge on any atom is 0.255 e. The van der Waals surface area contributed by atoms with Crippen LogP contribution in [-0.2, 0) is 0 Å². The van der Waals surface area contributed by atoms with Gasteiger partial charge < -0.3 is 10.0 Å². The van der Waals surface area contributed by atoms with Crippen molar-refractivity contribution in [3.8, 4) is 11.8 Å². The Labute approximate surface area is 114 Å². The second-order valence-corrected chi connectivity index (χ2v) is 4.48. The van der Waals surface area contributed by atoms with Gasteiger partial charge in [0.15, 0.2) is 0 Å². The van der Waals surface area contributed by atoms with E-state index in [4.69, 9.17) is 5.11 Å². The maximum absolute atomic E-state index is 12.3. The summed E-state index contributed by atoms with van der Waals surface area (Å²) in [6.07, 6.45) is 5.13. The molecule has 0 aromatic carbocycles. The van der Waals surface area contributed by atoms with Gasteiger partial charge in [0.2, 0.25) is 0 Å². The number of nitrogens with zero attached hydrogens (tertiary/aromatic N) is 2. The van der Waals surface area contributed by atoms with Crippen LogP contribution in [-0.4, -0.2) is 40.6 Å². The van der Waals surface area contributed by atoms with Crippen molar-refractivity contribution >= 4 is 5.91 Å². The number of amides is 1. The van der Waals surface area contributed by atoms with E-state index in [2.05, 4.69) is 23.7 Å². The van der Waals surface area contributed by atoms with Gasteiger partial charge in [0.1, 0.15) is 6.61 Å². The Morgan fingerprint density at radius 1 is 1.53 bits per heavy atom. The lowest BCUT2D eigenvalue weighted by Gasteiger charge is -2.24. The van der Waals surface area contributed by atoms with Crippen molar-refractivity contribution in [2.45, 2.75) is 32.7 Å². The van der Waals surface area contributed by atoms with Crippen LogP contribution in [0.25, 0.3) is 0 Å². The molecule has 19 heavy (non-hydrogen) atoms. The smallest absolute Gasteiger partial charge is 0.255 e. The van der Waals surface area contributed by atoms with Crippen LogP contribution in [0.3, 0.4) is 0 Å². The van der Waals surface area contributed by atoms with Crippen LogP contribution in [0.4, 0.5) is 0 Å². The molecule has 0 bridgehead atoms. The van der Waals surface area contributed by atoms with Crippen LogP contribution in [0.15, 0.2) is 18.5 Å². The predicted octanol–water partition coefficient (Wildman–Crippen LogP) is 1.69. The Morgan fingerprint density at radius 3 is 2.89 bits per heavy atom. The van der Waals surface area contributed by atoms with Crippen LogP contribution >= 0.6 is 0 Å². The highest BCUT2D eigenvalue weighted by Crippen LogP contribution is 2.10. The molecule has 1 N–H and O–H groups in total. The van der Waals surface area contributed by atoms with Crippen molar-refractivity contribution in [1.82, 2.24) is 9.88 Å². The van der Waals surface area contributed by atoms with Gasteiger partial charge in [-0.2, -0.15) is 0 Å². The fourth-order valence-corrected chi connectivity index (χ4v) is 1.78. The van der Waals surface area contributed by atoms with Gasteiger partial charge in [-0.15, -0.1) is 0 Å². The molecule has 1 rings (SSSR count). The van der Waals surface area contributed by atoms with Crippen molar-refractivity contribution in [2.75, 3.05) is 13.7 Å². The Hall–Kier alpha value is -1.86. The van der Waals surface area contributed by atoms with Crippen LogP contribution in [0.5, 0.6) is 0 Å². The number of aliphatic hydroxyl groups is 1. The molecule has 102 valence electrons. The van der Waals surface area contributed by atoms with Crippen molar-refractivity contribution in [3.63, 3.8) is 0 Å². The summed E-state index contributed by atoms with van der Waals surface area (Å²) in [7, 11) is 1.80. The zero-order valence-electron chi connectivity index (χ0n) is 11.7. The molecule has 0 spiro atoms. The van der Waals surface area contributed by atoms with E-state index in [1.54, 1.807) is 30.4 Å². The zero-order chi connectivity index (χ0) is 14.3. The summed E-state index contributed by atoms with van der Waals surface area (Å²) < 4.78 is 0. The van der Waals surface area contributed by atoms with E-state index in [0.29, 0.717) is 11.1 Å². The van der Waals surface area contributed by atoms with E-state index in [0.717, 1.165) is 12.8 Å². The minimum absolute atomic E-state index is 0.0545. The van der Waals surface area contributed by atoms with Gasteiger partial charge in [0.25, 0.3) is 5.91 Å². The van der Waals surface area contributed by atoms with E-state index >= 15 is 0 Å². The SMILES string of the molecule is CCCC(C)N(C)C(=O)c1cncc(C#CCO)c1. The molecule has 4 nitrogen and oxygen atoms in total. The topological polar surface area (TPSA) is 53.4 Å². The monoisotopic (exact) mass is 260 g/mol. The highest BCUT2D eigenvalue weighted by atomic mass is 16.2. The first kappa shape index (κ1) is 15.2. The summed E-state index contributed by atoms with van der Waals surface area (Å²) in [6.45, 7) is 3.93. The van der Waals surface area contributed by atoms with Gasteiger partial charge in [-0.1, -0.05) is 25.2 Å². The summed E-state index contributed by atoms with van der Waals surface area (Å²) in [5.41, 5.74) is 1.16. The van der Waals surface area contributed by atoms with Crippen molar-refractivity contribution < 1.29 is 9.90 Å². The molecule has 1 aromatic rings. The third kappa shape index (κ3) is 4.38. The number of hydrogen-bond donors (Lipinski definition) is 1. The Bertz CT molecular complexity index is 488. The van der Waals surface area contributed by atoms with E-state index in [9.17, 15) is 4.79 Å². The van der Waals surface area contributed by atoms with Gasteiger partial charge >= 0.3 is 0 Å². The summed E-state index contributed by atoms with van der Waals surface area (Å²) in [5, 5.41) is 8.66. The predicted molar refractivity (Wildman–Crippen MR) is 74.7 cm³/mol. The minimum atomic E-state index is -0.203. The number of pyridine rings is 1. The third-order valence-corrected chi connectivity index (χ3v) is 2.98. The summed E-state index contributed by atoms with van der Waals surface area (Å²) >= 11 is 0. The zero-order valence-corrected chi connectivity index (χ0v) is 11.7. The van der Waals surface area contributed by atoms with E-state index in [-0.39, 0.29) is 18.6 Å². The van der Waals surface area contributed by atoms with Crippen LogP contribution < -0.4 is 0 Å². The van der Waals surface area contributed by atoms with Gasteiger partial charge in [-0.25, -0.2) is 0 Å². The van der Waals surface area contributed by atoms with Gasteiger partial charge in [0, 0.05) is 31.0 Å². The van der Waals surface area contributed by atoms with Crippen LogP contribution in [0, 0.1) is 11.8 Å². The molecule has 0 saturated carbocycles. The average Bonchev–Trinajstić information content (AvgIpc) is 2.44. The molecule has 1 unspecified atom stereocenters. The molecule has 0 fully saturated rings. The van der Waals surface area contributed by atoms with Gasteiger partial charge in [0.05, 0.1) is 5.56 Å². The first-order valence-electron chi connectivity index (χ1n) is 6.42. The number of aromatic nitrogens is 1. The average molecular weight is 260 g/mol. The quantitative estimate of drug-likeness (QED) is 0.838. The van der Waals surface area contributed by atoms with Crippen LogP contribution in [0.1, 0.15) is 42.6 Å². The van der Waals surface area contributed by atoms with Gasteiger partial charge in [-0.3, -0.25) is 9.78 Å². The van der Waals surface area contributed by atoms with E-state index in [1.165, 1.54) is 0 Å². The molecule has 0 saturated heterocycles. The third-order valence-electron chi connectivity index (χ3n) is 2.98. The summed E-state index contributed by atoms with van der Waals surface area (Å²) in [6, 6.07) is 1.90. The molecular weight excluding hydrogens is 240 g/mol. The summed E-state index contributed by atoms with van der Waals surface area (Å²) in [5.74, 6) is 5.24. The Kier molecular flexibility index (Phi) is 6.04. The summed E-state index contributed by atoms with van der Waals surface area (Å²) in [4.78, 5) is 18.0. The van der Waals surface area contributed by atoms with Crippen LogP contribution in [0.2, 0.25) is 0 Å². The molecule has 4 heteroatoms. The molecule has 0 aliphatic carbocycles. The molecule has 0 aliphatic rings.